The van der Waals surface area contributed by atoms with E-state index in [1.54, 1.807) is 24.3 Å². The summed E-state index contributed by atoms with van der Waals surface area (Å²) in [4.78, 5) is 18.1. The van der Waals surface area contributed by atoms with Crippen LogP contribution in [-0.2, 0) is 21.3 Å². The van der Waals surface area contributed by atoms with Gasteiger partial charge >= 0.3 is 0 Å². The normalized spacial score (nSPS) is 14.7. The van der Waals surface area contributed by atoms with E-state index in [0.717, 1.165) is 35.3 Å². The van der Waals surface area contributed by atoms with Gasteiger partial charge in [-0.25, -0.2) is 23.2 Å². The summed E-state index contributed by atoms with van der Waals surface area (Å²) in [5.74, 6) is -0.107. The van der Waals surface area contributed by atoms with Gasteiger partial charge in [0.05, 0.1) is 27.9 Å². The first-order chi connectivity index (χ1) is 14.4. The second-order valence-corrected chi connectivity index (χ2v) is 10.8. The number of amides is 1. The van der Waals surface area contributed by atoms with E-state index >= 15 is 0 Å². The first-order valence-corrected chi connectivity index (χ1v) is 12.0. The van der Waals surface area contributed by atoms with Crippen LogP contribution in [0.25, 0.3) is 11.0 Å². The highest BCUT2D eigenvalue weighted by Crippen LogP contribution is 2.41. The molecular formula is C22H27N5O3S. The van der Waals surface area contributed by atoms with E-state index in [1.807, 2.05) is 17.7 Å². The first-order valence-electron chi connectivity index (χ1n) is 10.2. The third-order valence-electron chi connectivity index (χ3n) is 5.29. The lowest BCUT2D eigenvalue weighted by Crippen LogP contribution is -2.23. The van der Waals surface area contributed by atoms with Crippen LogP contribution in [0.1, 0.15) is 66.8 Å². The number of rotatable bonds is 5. The highest BCUT2D eigenvalue weighted by atomic mass is 32.2. The minimum atomic E-state index is -3.61. The summed E-state index contributed by atoms with van der Waals surface area (Å²) in [6.07, 6.45) is 2.15. The quantitative estimate of drug-likeness (QED) is 0.629. The lowest BCUT2D eigenvalue weighted by molar-refractivity contribution is 0.102. The van der Waals surface area contributed by atoms with E-state index in [1.165, 1.54) is 0 Å². The van der Waals surface area contributed by atoms with Gasteiger partial charge in [0.1, 0.15) is 0 Å². The fourth-order valence-electron chi connectivity index (χ4n) is 3.66. The van der Waals surface area contributed by atoms with E-state index in [0.29, 0.717) is 22.7 Å². The number of primary sulfonamides is 1. The maximum Gasteiger partial charge on any atom is 0.256 e. The number of nitrogens with one attached hydrogen (secondary N) is 1. The summed E-state index contributed by atoms with van der Waals surface area (Å²) in [5, 5.41) is 13.4. The Bertz CT molecular complexity index is 1270. The van der Waals surface area contributed by atoms with Crippen LogP contribution < -0.4 is 10.5 Å². The molecule has 164 valence electrons. The number of aryl methyl sites for hydroxylation is 1. The molecule has 0 saturated heterocycles. The number of fused-ring (bicyclic) bond motifs is 1. The number of sulfonamides is 1. The molecule has 0 bridgehead atoms. The van der Waals surface area contributed by atoms with Crippen LogP contribution in [-0.4, -0.2) is 29.1 Å². The molecule has 3 N–H and O–H groups in total. The van der Waals surface area contributed by atoms with Crippen LogP contribution in [0.2, 0.25) is 0 Å². The average molecular weight is 442 g/mol. The monoisotopic (exact) mass is 441 g/mol. The molecule has 0 atom stereocenters. The van der Waals surface area contributed by atoms with Crippen LogP contribution in [0.4, 0.5) is 5.69 Å². The summed E-state index contributed by atoms with van der Waals surface area (Å²) in [6, 6.07) is 8.50. The van der Waals surface area contributed by atoms with Crippen LogP contribution in [0.3, 0.4) is 0 Å². The van der Waals surface area contributed by atoms with E-state index in [9.17, 15) is 13.2 Å². The number of pyridine rings is 1. The summed E-state index contributed by atoms with van der Waals surface area (Å²) in [6.45, 7) is 8.08. The lowest BCUT2D eigenvalue weighted by Gasteiger charge is -2.20. The summed E-state index contributed by atoms with van der Waals surface area (Å²) >= 11 is 0. The second-order valence-electron chi connectivity index (χ2n) is 9.19. The molecule has 2 aromatic heterocycles. The van der Waals surface area contributed by atoms with E-state index < -0.39 is 10.0 Å². The van der Waals surface area contributed by atoms with Gasteiger partial charge in [-0.1, -0.05) is 12.1 Å². The zero-order chi connectivity index (χ0) is 22.6. The zero-order valence-corrected chi connectivity index (χ0v) is 19.0. The number of carbonyl (C=O) groups is 1. The molecule has 1 fully saturated rings. The Morgan fingerprint density at radius 3 is 2.42 bits per heavy atom. The van der Waals surface area contributed by atoms with Gasteiger partial charge in [0, 0.05) is 17.3 Å². The number of nitrogens with two attached hydrogens (primary N) is 1. The fourth-order valence-corrected chi connectivity index (χ4v) is 4.32. The highest BCUT2D eigenvalue weighted by molar-refractivity contribution is 7.88. The molecule has 31 heavy (non-hydrogen) atoms. The largest absolute Gasteiger partial charge is 0.322 e. The van der Waals surface area contributed by atoms with Gasteiger partial charge in [-0.3, -0.25) is 4.79 Å². The maximum absolute atomic E-state index is 13.3. The van der Waals surface area contributed by atoms with Crippen molar-refractivity contribution < 1.29 is 13.2 Å². The number of aromatic nitrogens is 3. The number of hydrogen-bond acceptors (Lipinski definition) is 5. The Labute approximate surface area is 181 Å². The van der Waals surface area contributed by atoms with Crippen LogP contribution in [0, 0.1) is 6.92 Å². The van der Waals surface area contributed by atoms with Gasteiger partial charge in [0.15, 0.2) is 5.65 Å². The van der Waals surface area contributed by atoms with Crippen molar-refractivity contribution in [3.05, 3.63) is 52.8 Å². The minimum Gasteiger partial charge on any atom is -0.322 e. The summed E-state index contributed by atoms with van der Waals surface area (Å²) in [5.41, 5.74) is 3.82. The van der Waals surface area contributed by atoms with Gasteiger partial charge in [0.25, 0.3) is 5.91 Å². The van der Waals surface area contributed by atoms with Crippen molar-refractivity contribution in [1.82, 2.24) is 14.8 Å². The van der Waals surface area contributed by atoms with Crippen LogP contribution in [0.5, 0.6) is 0 Å². The number of benzene rings is 1. The smallest absolute Gasteiger partial charge is 0.256 e. The molecule has 0 radical (unpaired) electrons. The average Bonchev–Trinajstić information content (AvgIpc) is 3.44. The number of anilines is 1. The van der Waals surface area contributed by atoms with Crippen molar-refractivity contribution in [2.75, 3.05) is 5.32 Å². The van der Waals surface area contributed by atoms with Gasteiger partial charge in [0.2, 0.25) is 10.0 Å². The van der Waals surface area contributed by atoms with Crippen molar-refractivity contribution in [1.29, 1.82) is 0 Å². The third kappa shape index (κ3) is 4.62. The first kappa shape index (κ1) is 21.5. The predicted molar refractivity (Wildman–Crippen MR) is 120 cm³/mol. The Kier molecular flexibility index (Phi) is 5.13. The number of nitrogens with zero attached hydrogens (tertiary/aromatic N) is 3. The Morgan fingerprint density at radius 1 is 1.23 bits per heavy atom. The molecule has 0 unspecified atom stereocenters. The van der Waals surface area contributed by atoms with Crippen molar-refractivity contribution in [3.63, 3.8) is 0 Å². The van der Waals surface area contributed by atoms with Gasteiger partial charge in [-0.15, -0.1) is 0 Å². The highest BCUT2D eigenvalue weighted by Gasteiger charge is 2.30. The maximum atomic E-state index is 13.3. The molecule has 1 aliphatic carbocycles. The van der Waals surface area contributed by atoms with E-state index in [-0.39, 0.29) is 17.2 Å². The Hall–Kier alpha value is -2.78. The third-order valence-corrected chi connectivity index (χ3v) is 6.02. The number of carbonyl (C=O) groups excluding carboxylic acids is 1. The summed E-state index contributed by atoms with van der Waals surface area (Å²) in [7, 11) is -3.61. The second kappa shape index (κ2) is 7.42. The molecule has 0 aliphatic heterocycles. The molecule has 4 rings (SSSR count). The molecule has 2 heterocycles. The van der Waals surface area contributed by atoms with Crippen molar-refractivity contribution >= 4 is 32.7 Å². The van der Waals surface area contributed by atoms with E-state index in [2.05, 4.69) is 31.2 Å². The van der Waals surface area contributed by atoms with Crippen molar-refractivity contribution in [2.45, 2.75) is 57.7 Å². The Morgan fingerprint density at radius 2 is 1.87 bits per heavy atom. The molecule has 1 aliphatic rings. The number of hydrogen-bond donors (Lipinski definition) is 2. The molecule has 1 saturated carbocycles. The molecule has 3 aromatic rings. The van der Waals surface area contributed by atoms with Crippen LogP contribution >= 0.6 is 0 Å². The Balaban J connectivity index is 1.71. The molecule has 1 aromatic carbocycles. The molecular weight excluding hydrogens is 414 g/mol. The lowest BCUT2D eigenvalue weighted by atomic mass is 10.1. The van der Waals surface area contributed by atoms with E-state index in [4.69, 9.17) is 10.1 Å². The standard InChI is InChI=1S/C22H27N5O3S/c1-13-19-17(21(28)24-16-9-5-14(6-10-16)12-31(23,29)30)11-18(15-7-8-15)25-20(19)27(26-13)22(2,3)4/h5-6,9-11,15H,7-8,12H2,1-4H3,(H,24,28)(H2,23,29,30). The van der Waals surface area contributed by atoms with Gasteiger partial charge < -0.3 is 5.32 Å². The SMILES string of the molecule is Cc1nn(C(C)(C)C)c2nc(C3CC3)cc(C(=O)Nc3ccc(CS(N)(=O)=O)cc3)c12. The zero-order valence-electron chi connectivity index (χ0n) is 18.1. The summed E-state index contributed by atoms with van der Waals surface area (Å²) < 4.78 is 24.4. The van der Waals surface area contributed by atoms with Gasteiger partial charge in [-0.2, -0.15) is 5.10 Å². The molecule has 1 amide bonds. The fraction of sp³-hybridized carbons (Fsp3) is 0.409. The van der Waals surface area contributed by atoms with Crippen molar-refractivity contribution in [3.8, 4) is 0 Å². The topological polar surface area (TPSA) is 120 Å². The predicted octanol–water partition coefficient (Wildman–Crippen LogP) is 3.41. The molecule has 0 spiro atoms. The minimum absolute atomic E-state index is 0.245. The van der Waals surface area contributed by atoms with Gasteiger partial charge in [-0.05, 0) is 64.3 Å². The molecule has 9 heteroatoms. The molecule has 8 nitrogen and oxygen atoms in total. The van der Waals surface area contributed by atoms with Crippen LogP contribution in [0.15, 0.2) is 30.3 Å². The van der Waals surface area contributed by atoms with Crippen molar-refractivity contribution in [2.24, 2.45) is 5.14 Å².